The number of halogens is 1. The van der Waals surface area contributed by atoms with Crippen LogP contribution in [-0.2, 0) is 12.8 Å². The highest BCUT2D eigenvalue weighted by molar-refractivity contribution is 9.10. The van der Waals surface area contributed by atoms with Crippen LogP contribution in [0.5, 0.6) is 0 Å². The third-order valence-corrected chi connectivity index (χ3v) is 5.30. The topological polar surface area (TPSA) is 54.9 Å². The third kappa shape index (κ3) is 3.80. The number of anilines is 1. The van der Waals surface area contributed by atoms with Gasteiger partial charge in [-0.25, -0.2) is 0 Å². The van der Waals surface area contributed by atoms with E-state index in [9.17, 15) is 4.79 Å². The maximum Gasteiger partial charge on any atom is 0.269 e. The molecule has 0 bridgehead atoms. The molecule has 25 heavy (non-hydrogen) atoms. The second kappa shape index (κ2) is 7.89. The van der Waals surface area contributed by atoms with Crippen molar-refractivity contribution >= 4 is 39.1 Å². The molecule has 128 valence electrons. The zero-order valence-electron chi connectivity index (χ0n) is 14.0. The lowest BCUT2D eigenvalue weighted by atomic mass is 10.0. The number of nitrogens with zero attached hydrogens (tertiary/aromatic N) is 2. The molecular formula is C19H18BrN3OS. The summed E-state index contributed by atoms with van der Waals surface area (Å²) in [5.41, 5.74) is 4.67. The van der Waals surface area contributed by atoms with Gasteiger partial charge in [-0.05, 0) is 47.6 Å². The average molecular weight is 416 g/mol. The molecule has 1 aromatic heterocycles. The van der Waals surface area contributed by atoms with Crippen molar-refractivity contribution in [3.8, 4) is 11.3 Å². The molecule has 3 aromatic rings. The first-order valence-corrected chi connectivity index (χ1v) is 9.71. The molecule has 6 heteroatoms. The summed E-state index contributed by atoms with van der Waals surface area (Å²) in [6, 6.07) is 13.8. The third-order valence-electron chi connectivity index (χ3n) is 4.05. The van der Waals surface area contributed by atoms with E-state index in [4.69, 9.17) is 0 Å². The first-order valence-electron chi connectivity index (χ1n) is 8.14. The maximum absolute atomic E-state index is 12.9. The Balaban J connectivity index is 1.94. The molecule has 0 atom stereocenters. The Morgan fingerprint density at radius 2 is 1.72 bits per heavy atom. The molecule has 2 aromatic carbocycles. The number of amides is 1. The number of carbonyl (C=O) groups excluding carboxylic acids is 1. The maximum atomic E-state index is 12.9. The smallest absolute Gasteiger partial charge is 0.269 e. The molecule has 1 heterocycles. The van der Waals surface area contributed by atoms with Gasteiger partial charge in [-0.1, -0.05) is 64.6 Å². The quantitative estimate of drug-likeness (QED) is 0.611. The molecule has 0 fully saturated rings. The first-order chi connectivity index (χ1) is 12.1. The van der Waals surface area contributed by atoms with Crippen LogP contribution in [0, 0.1) is 0 Å². The van der Waals surface area contributed by atoms with Gasteiger partial charge in [0.25, 0.3) is 5.91 Å². The highest BCUT2D eigenvalue weighted by atomic mass is 79.9. The molecule has 0 aliphatic carbocycles. The fraction of sp³-hybridized carbons (Fsp3) is 0.211. The Labute approximate surface area is 159 Å². The average Bonchev–Trinajstić information content (AvgIpc) is 3.12. The van der Waals surface area contributed by atoms with Gasteiger partial charge in [0.15, 0.2) is 0 Å². The number of hydrogen-bond donors (Lipinski definition) is 1. The van der Waals surface area contributed by atoms with Gasteiger partial charge >= 0.3 is 0 Å². The van der Waals surface area contributed by atoms with Crippen molar-refractivity contribution in [3.63, 3.8) is 0 Å². The van der Waals surface area contributed by atoms with Gasteiger partial charge < -0.3 is 5.32 Å². The van der Waals surface area contributed by atoms with Crippen LogP contribution < -0.4 is 5.32 Å². The van der Waals surface area contributed by atoms with Gasteiger partial charge in [0, 0.05) is 15.7 Å². The monoisotopic (exact) mass is 415 g/mol. The Morgan fingerprint density at radius 1 is 1.08 bits per heavy atom. The van der Waals surface area contributed by atoms with Crippen molar-refractivity contribution in [1.29, 1.82) is 0 Å². The van der Waals surface area contributed by atoms with Crippen LogP contribution in [0.2, 0.25) is 0 Å². The van der Waals surface area contributed by atoms with E-state index in [1.807, 2.05) is 30.3 Å². The first kappa shape index (κ1) is 17.8. The molecule has 0 aliphatic rings. The van der Waals surface area contributed by atoms with E-state index >= 15 is 0 Å². The van der Waals surface area contributed by atoms with Crippen LogP contribution in [0.25, 0.3) is 11.3 Å². The van der Waals surface area contributed by atoms with Crippen LogP contribution in [0.15, 0.2) is 46.9 Å². The Morgan fingerprint density at radius 3 is 2.32 bits per heavy atom. The van der Waals surface area contributed by atoms with Crippen LogP contribution in [0.3, 0.4) is 0 Å². The van der Waals surface area contributed by atoms with Crippen molar-refractivity contribution in [1.82, 2.24) is 9.59 Å². The summed E-state index contributed by atoms with van der Waals surface area (Å²) in [5, 5.41) is 7.24. The Hall–Kier alpha value is -2.05. The normalized spacial score (nSPS) is 10.7. The van der Waals surface area contributed by atoms with E-state index < -0.39 is 0 Å². The van der Waals surface area contributed by atoms with Gasteiger partial charge in [-0.3, -0.25) is 4.79 Å². The van der Waals surface area contributed by atoms with Crippen LogP contribution >= 0.6 is 27.5 Å². The van der Waals surface area contributed by atoms with Crippen molar-refractivity contribution in [2.45, 2.75) is 26.7 Å². The van der Waals surface area contributed by atoms with Crippen molar-refractivity contribution in [2.24, 2.45) is 0 Å². The summed E-state index contributed by atoms with van der Waals surface area (Å²) in [7, 11) is 0. The lowest BCUT2D eigenvalue weighted by molar-refractivity contribution is 0.103. The van der Waals surface area contributed by atoms with Gasteiger partial charge in [0.2, 0.25) is 0 Å². The van der Waals surface area contributed by atoms with Crippen molar-refractivity contribution in [2.75, 3.05) is 5.32 Å². The fourth-order valence-corrected chi connectivity index (χ4v) is 3.56. The van der Waals surface area contributed by atoms with Crippen LogP contribution in [-0.4, -0.2) is 15.5 Å². The molecule has 0 radical (unpaired) electrons. The SMILES string of the molecule is CCc1cccc(CC)c1NC(=O)c1snnc1-c1ccc(Br)cc1. The molecule has 3 rings (SSSR count). The number of rotatable bonds is 5. The Kier molecular flexibility index (Phi) is 5.60. The standard InChI is InChI=1S/C19H18BrN3OS/c1-3-12-6-5-7-13(4-2)16(12)21-19(24)18-17(22-23-25-18)14-8-10-15(20)11-9-14/h5-11H,3-4H2,1-2H3,(H,21,24). The predicted molar refractivity (Wildman–Crippen MR) is 106 cm³/mol. The van der Waals surface area contributed by atoms with E-state index in [2.05, 4.69) is 56.8 Å². The predicted octanol–water partition coefficient (Wildman–Crippen LogP) is 5.34. The summed E-state index contributed by atoms with van der Waals surface area (Å²) in [5.74, 6) is -0.163. The van der Waals surface area contributed by atoms with Gasteiger partial charge in [-0.15, -0.1) is 5.10 Å². The molecular weight excluding hydrogens is 398 g/mol. The van der Waals surface area contributed by atoms with E-state index in [1.165, 1.54) is 0 Å². The number of hydrogen-bond acceptors (Lipinski definition) is 4. The van der Waals surface area contributed by atoms with Gasteiger partial charge in [0.05, 0.1) is 0 Å². The molecule has 0 unspecified atom stereocenters. The second-order valence-corrected chi connectivity index (χ2v) is 7.24. The molecule has 0 spiro atoms. The van der Waals surface area contributed by atoms with E-state index in [0.717, 1.165) is 51.2 Å². The summed E-state index contributed by atoms with van der Waals surface area (Å²) in [4.78, 5) is 13.4. The van der Waals surface area contributed by atoms with Gasteiger partial charge in [0.1, 0.15) is 10.6 Å². The minimum Gasteiger partial charge on any atom is -0.321 e. The molecule has 1 N–H and O–H groups in total. The van der Waals surface area contributed by atoms with Crippen molar-refractivity contribution in [3.05, 3.63) is 62.9 Å². The zero-order valence-corrected chi connectivity index (χ0v) is 16.4. The summed E-state index contributed by atoms with van der Waals surface area (Å²) >= 11 is 4.54. The largest absolute Gasteiger partial charge is 0.321 e. The number of benzene rings is 2. The summed E-state index contributed by atoms with van der Waals surface area (Å²) in [6.45, 7) is 4.18. The van der Waals surface area contributed by atoms with E-state index in [1.54, 1.807) is 0 Å². The number of aryl methyl sites for hydroxylation is 2. The van der Waals surface area contributed by atoms with Crippen LogP contribution in [0.4, 0.5) is 5.69 Å². The molecule has 0 aliphatic heterocycles. The summed E-state index contributed by atoms with van der Waals surface area (Å²) in [6.07, 6.45) is 1.73. The molecule has 1 amide bonds. The highest BCUT2D eigenvalue weighted by Crippen LogP contribution is 2.28. The highest BCUT2D eigenvalue weighted by Gasteiger charge is 2.19. The summed E-state index contributed by atoms with van der Waals surface area (Å²) < 4.78 is 4.97. The van der Waals surface area contributed by atoms with Gasteiger partial charge in [-0.2, -0.15) is 0 Å². The number of nitrogens with one attached hydrogen (secondary N) is 1. The number of aromatic nitrogens is 2. The minimum atomic E-state index is -0.163. The Bertz CT molecular complexity index is 868. The van der Waals surface area contributed by atoms with Crippen LogP contribution in [0.1, 0.15) is 34.6 Å². The number of carbonyl (C=O) groups is 1. The fourth-order valence-electron chi connectivity index (χ4n) is 2.71. The molecule has 0 saturated carbocycles. The number of para-hydroxylation sites is 1. The van der Waals surface area contributed by atoms with Crippen molar-refractivity contribution < 1.29 is 4.79 Å². The van der Waals surface area contributed by atoms with E-state index in [0.29, 0.717) is 10.6 Å². The lowest BCUT2D eigenvalue weighted by Crippen LogP contribution is -2.14. The zero-order chi connectivity index (χ0) is 17.8. The molecule has 0 saturated heterocycles. The lowest BCUT2D eigenvalue weighted by Gasteiger charge is -2.14. The minimum absolute atomic E-state index is 0.163. The second-order valence-electron chi connectivity index (χ2n) is 5.57. The molecule has 4 nitrogen and oxygen atoms in total. The van der Waals surface area contributed by atoms with E-state index in [-0.39, 0.29) is 5.91 Å².